The van der Waals surface area contributed by atoms with Crippen molar-refractivity contribution in [1.82, 2.24) is 10.2 Å². The quantitative estimate of drug-likeness (QED) is 0.890. The van der Waals surface area contributed by atoms with Crippen molar-refractivity contribution in [1.29, 1.82) is 0 Å². The Kier molecular flexibility index (Phi) is 5.06. The molecule has 112 valence electrons. The third-order valence-corrected chi connectivity index (χ3v) is 4.73. The molecule has 0 aromatic heterocycles. The molecule has 1 unspecified atom stereocenters. The first-order chi connectivity index (χ1) is 9.53. The van der Waals surface area contributed by atoms with Gasteiger partial charge in [0.25, 0.3) is 0 Å². The Balaban J connectivity index is 1.86. The van der Waals surface area contributed by atoms with Crippen LogP contribution in [-0.2, 0) is 0 Å². The fourth-order valence-electron chi connectivity index (χ4n) is 2.91. The van der Waals surface area contributed by atoms with E-state index in [1.807, 2.05) is 0 Å². The number of hydrogen-bond acceptors (Lipinski definition) is 3. The molecule has 0 spiro atoms. The molecule has 20 heavy (non-hydrogen) atoms. The first-order valence-electron chi connectivity index (χ1n) is 7.72. The first kappa shape index (κ1) is 15.3. The summed E-state index contributed by atoms with van der Waals surface area (Å²) in [5.74, 6) is 0. The van der Waals surface area contributed by atoms with Gasteiger partial charge in [0.05, 0.1) is 0 Å². The van der Waals surface area contributed by atoms with Gasteiger partial charge in [-0.25, -0.2) is 0 Å². The molecule has 0 radical (unpaired) electrons. The lowest BCUT2D eigenvalue weighted by atomic mass is 9.84. The van der Waals surface area contributed by atoms with E-state index in [1.165, 1.54) is 5.69 Å². The lowest BCUT2D eigenvalue weighted by Crippen LogP contribution is -2.52. The first-order valence-corrected chi connectivity index (χ1v) is 7.72. The SMILES string of the molecule is CNC(C)C(C)(C)CN1CCN(c2ccccc2)CC1. The number of hydrogen-bond donors (Lipinski definition) is 1. The summed E-state index contributed by atoms with van der Waals surface area (Å²) in [5.41, 5.74) is 1.67. The van der Waals surface area contributed by atoms with E-state index >= 15 is 0 Å². The van der Waals surface area contributed by atoms with E-state index in [1.54, 1.807) is 0 Å². The fourth-order valence-corrected chi connectivity index (χ4v) is 2.91. The predicted octanol–water partition coefficient (Wildman–Crippen LogP) is 2.44. The number of rotatable bonds is 5. The number of para-hydroxylation sites is 1. The van der Waals surface area contributed by atoms with Crippen LogP contribution in [0.15, 0.2) is 30.3 Å². The van der Waals surface area contributed by atoms with Crippen LogP contribution in [0.4, 0.5) is 5.69 Å². The maximum absolute atomic E-state index is 3.39. The molecular formula is C17H29N3. The predicted molar refractivity (Wildman–Crippen MR) is 87.4 cm³/mol. The molecule has 1 saturated heterocycles. The fraction of sp³-hybridized carbons (Fsp3) is 0.647. The normalized spacial score (nSPS) is 19.1. The van der Waals surface area contributed by atoms with Crippen LogP contribution >= 0.6 is 0 Å². The van der Waals surface area contributed by atoms with Crippen LogP contribution < -0.4 is 10.2 Å². The number of nitrogens with zero attached hydrogens (tertiary/aromatic N) is 2. The molecule has 1 heterocycles. The molecule has 0 aliphatic carbocycles. The highest BCUT2D eigenvalue weighted by Gasteiger charge is 2.29. The Morgan fingerprint density at radius 3 is 2.25 bits per heavy atom. The third kappa shape index (κ3) is 3.74. The summed E-state index contributed by atoms with van der Waals surface area (Å²) in [6, 6.07) is 11.3. The summed E-state index contributed by atoms with van der Waals surface area (Å²) >= 11 is 0. The minimum absolute atomic E-state index is 0.309. The van der Waals surface area contributed by atoms with Crippen molar-refractivity contribution < 1.29 is 0 Å². The molecule has 1 N–H and O–H groups in total. The van der Waals surface area contributed by atoms with Gasteiger partial charge in [0.1, 0.15) is 0 Å². The molecule has 0 saturated carbocycles. The zero-order chi connectivity index (χ0) is 14.6. The number of benzene rings is 1. The molecule has 0 bridgehead atoms. The van der Waals surface area contributed by atoms with Gasteiger partial charge in [0.2, 0.25) is 0 Å². The van der Waals surface area contributed by atoms with Gasteiger partial charge >= 0.3 is 0 Å². The highest BCUT2D eigenvalue weighted by atomic mass is 15.3. The molecule has 3 heteroatoms. The summed E-state index contributed by atoms with van der Waals surface area (Å²) in [6.45, 7) is 12.7. The van der Waals surface area contributed by atoms with Crippen LogP contribution in [0.1, 0.15) is 20.8 Å². The minimum atomic E-state index is 0.309. The summed E-state index contributed by atoms with van der Waals surface area (Å²) < 4.78 is 0. The Morgan fingerprint density at radius 2 is 1.70 bits per heavy atom. The van der Waals surface area contributed by atoms with Gasteiger partial charge in [-0.3, -0.25) is 4.90 Å². The van der Waals surface area contributed by atoms with Crippen LogP contribution in [-0.4, -0.2) is 50.7 Å². The summed E-state index contributed by atoms with van der Waals surface area (Å²) in [7, 11) is 2.06. The number of nitrogens with one attached hydrogen (secondary N) is 1. The van der Waals surface area contributed by atoms with E-state index in [0.29, 0.717) is 11.5 Å². The molecule has 1 fully saturated rings. The van der Waals surface area contributed by atoms with E-state index in [0.717, 1.165) is 32.7 Å². The summed E-state index contributed by atoms with van der Waals surface area (Å²) in [5, 5.41) is 3.39. The van der Waals surface area contributed by atoms with Gasteiger partial charge in [-0.15, -0.1) is 0 Å². The second-order valence-electron chi connectivity index (χ2n) is 6.60. The highest BCUT2D eigenvalue weighted by molar-refractivity contribution is 5.46. The van der Waals surface area contributed by atoms with Crippen molar-refractivity contribution in [2.75, 3.05) is 44.7 Å². The maximum atomic E-state index is 3.39. The smallest absolute Gasteiger partial charge is 0.0367 e. The average Bonchev–Trinajstić information content (AvgIpc) is 2.47. The van der Waals surface area contributed by atoms with Crippen LogP contribution in [0.25, 0.3) is 0 Å². The van der Waals surface area contributed by atoms with E-state index < -0.39 is 0 Å². The van der Waals surface area contributed by atoms with Gasteiger partial charge in [0, 0.05) is 44.5 Å². The third-order valence-electron chi connectivity index (χ3n) is 4.73. The molecular weight excluding hydrogens is 246 g/mol. The molecule has 1 aromatic rings. The van der Waals surface area contributed by atoms with E-state index in [9.17, 15) is 0 Å². The van der Waals surface area contributed by atoms with Crippen molar-refractivity contribution in [3.8, 4) is 0 Å². The van der Waals surface area contributed by atoms with Crippen molar-refractivity contribution in [2.45, 2.75) is 26.8 Å². The van der Waals surface area contributed by atoms with Crippen molar-refractivity contribution in [3.63, 3.8) is 0 Å². The molecule has 2 rings (SSSR count). The largest absolute Gasteiger partial charge is 0.369 e. The zero-order valence-corrected chi connectivity index (χ0v) is 13.4. The minimum Gasteiger partial charge on any atom is -0.369 e. The van der Waals surface area contributed by atoms with Gasteiger partial charge in [-0.05, 0) is 31.5 Å². The highest BCUT2D eigenvalue weighted by Crippen LogP contribution is 2.23. The van der Waals surface area contributed by atoms with Crippen LogP contribution in [0.5, 0.6) is 0 Å². The number of piperazine rings is 1. The Labute approximate surface area is 124 Å². The number of anilines is 1. The lowest BCUT2D eigenvalue weighted by molar-refractivity contribution is 0.140. The summed E-state index contributed by atoms with van der Waals surface area (Å²) in [4.78, 5) is 5.10. The van der Waals surface area contributed by atoms with E-state index in [2.05, 4.69) is 73.3 Å². The standard InChI is InChI=1S/C17H29N3/c1-15(18-4)17(2,3)14-19-10-12-20(13-11-19)16-8-6-5-7-9-16/h5-9,15,18H,10-14H2,1-4H3. The van der Waals surface area contributed by atoms with Crippen molar-refractivity contribution in [2.24, 2.45) is 5.41 Å². The van der Waals surface area contributed by atoms with Gasteiger partial charge in [0.15, 0.2) is 0 Å². The molecule has 1 aliphatic heterocycles. The zero-order valence-electron chi connectivity index (χ0n) is 13.4. The van der Waals surface area contributed by atoms with Gasteiger partial charge in [-0.2, -0.15) is 0 Å². The molecule has 1 aliphatic rings. The Bertz CT molecular complexity index is 394. The van der Waals surface area contributed by atoms with Crippen LogP contribution in [0, 0.1) is 5.41 Å². The van der Waals surface area contributed by atoms with Crippen LogP contribution in [0.3, 0.4) is 0 Å². The van der Waals surface area contributed by atoms with E-state index in [4.69, 9.17) is 0 Å². The van der Waals surface area contributed by atoms with Crippen LogP contribution in [0.2, 0.25) is 0 Å². The average molecular weight is 275 g/mol. The maximum Gasteiger partial charge on any atom is 0.0367 e. The Morgan fingerprint density at radius 1 is 1.10 bits per heavy atom. The lowest BCUT2D eigenvalue weighted by Gasteiger charge is -2.41. The summed E-state index contributed by atoms with van der Waals surface area (Å²) in [6.07, 6.45) is 0. The van der Waals surface area contributed by atoms with E-state index in [-0.39, 0.29) is 0 Å². The van der Waals surface area contributed by atoms with Crippen molar-refractivity contribution in [3.05, 3.63) is 30.3 Å². The monoisotopic (exact) mass is 275 g/mol. The molecule has 1 atom stereocenters. The van der Waals surface area contributed by atoms with Crippen molar-refractivity contribution >= 4 is 5.69 Å². The second kappa shape index (κ2) is 6.59. The molecule has 0 amide bonds. The molecule has 3 nitrogen and oxygen atoms in total. The second-order valence-corrected chi connectivity index (χ2v) is 6.60. The topological polar surface area (TPSA) is 18.5 Å². The van der Waals surface area contributed by atoms with Gasteiger partial charge in [-0.1, -0.05) is 32.0 Å². The van der Waals surface area contributed by atoms with Gasteiger partial charge < -0.3 is 10.2 Å². The molecule has 1 aromatic carbocycles. The Hall–Kier alpha value is -1.06.